The van der Waals surface area contributed by atoms with E-state index in [0.717, 1.165) is 49.7 Å². The van der Waals surface area contributed by atoms with Crippen LogP contribution in [0.15, 0.2) is 34.7 Å². The van der Waals surface area contributed by atoms with Gasteiger partial charge in [0.05, 0.1) is 12.3 Å². The monoisotopic (exact) mass is 342 g/mol. The Morgan fingerprint density at radius 1 is 1.32 bits per heavy atom. The van der Waals surface area contributed by atoms with Gasteiger partial charge in [-0.05, 0) is 20.3 Å². The summed E-state index contributed by atoms with van der Waals surface area (Å²) in [4.78, 5) is 18.9. The molecule has 5 heteroatoms. The number of hydrogen-bond acceptors (Lipinski definition) is 4. The zero-order chi connectivity index (χ0) is 17.6. The first-order valence-electron chi connectivity index (χ1n) is 9.04. The molecule has 1 aliphatic heterocycles. The van der Waals surface area contributed by atoms with E-state index in [2.05, 4.69) is 4.98 Å². The van der Waals surface area contributed by atoms with Gasteiger partial charge in [-0.25, -0.2) is 4.98 Å². The Hall–Kier alpha value is -2.14. The molecule has 1 atom stereocenters. The largest absolute Gasteiger partial charge is 0.440 e. The molecule has 5 nitrogen and oxygen atoms in total. The van der Waals surface area contributed by atoms with E-state index in [1.165, 1.54) is 0 Å². The lowest BCUT2D eigenvalue weighted by Gasteiger charge is -2.23. The van der Waals surface area contributed by atoms with Crippen molar-refractivity contribution in [3.05, 3.63) is 41.9 Å². The summed E-state index contributed by atoms with van der Waals surface area (Å²) in [7, 11) is 0. The van der Waals surface area contributed by atoms with Crippen molar-refractivity contribution in [2.24, 2.45) is 5.92 Å². The van der Waals surface area contributed by atoms with E-state index >= 15 is 0 Å². The predicted molar refractivity (Wildman–Crippen MR) is 96.2 cm³/mol. The average molecular weight is 342 g/mol. The molecule has 3 rings (SSSR count). The Bertz CT molecular complexity index is 690. The second kappa shape index (κ2) is 8.30. The molecule has 1 fully saturated rings. The summed E-state index contributed by atoms with van der Waals surface area (Å²) >= 11 is 0. The fourth-order valence-corrected chi connectivity index (χ4v) is 3.23. The van der Waals surface area contributed by atoms with Crippen LogP contribution in [0.5, 0.6) is 0 Å². The lowest BCUT2D eigenvalue weighted by Crippen LogP contribution is -2.35. The van der Waals surface area contributed by atoms with E-state index in [4.69, 9.17) is 9.15 Å². The van der Waals surface area contributed by atoms with Gasteiger partial charge in [0.2, 0.25) is 5.91 Å². The standard InChI is InChI=1S/C20H26N2O3/c1-3-22(13-16-11-12-24-14-16)19(23)10-9-18-21-15(2)20(25-18)17-7-5-4-6-8-17/h4-8,16H,3,9-14H2,1-2H3. The maximum atomic E-state index is 12.5. The van der Waals surface area contributed by atoms with Crippen molar-refractivity contribution in [1.29, 1.82) is 0 Å². The second-order valence-electron chi connectivity index (χ2n) is 6.55. The molecule has 0 saturated carbocycles. The Morgan fingerprint density at radius 2 is 2.12 bits per heavy atom. The maximum Gasteiger partial charge on any atom is 0.223 e. The van der Waals surface area contributed by atoms with Gasteiger partial charge < -0.3 is 14.1 Å². The molecule has 1 aliphatic rings. The summed E-state index contributed by atoms with van der Waals surface area (Å²) < 4.78 is 11.3. The van der Waals surface area contributed by atoms with Crippen LogP contribution in [0.2, 0.25) is 0 Å². The number of ether oxygens (including phenoxy) is 1. The van der Waals surface area contributed by atoms with Crippen LogP contribution < -0.4 is 0 Å². The number of amides is 1. The fourth-order valence-electron chi connectivity index (χ4n) is 3.23. The SMILES string of the molecule is CCN(CC1CCOC1)C(=O)CCc1nc(C)c(-c2ccccc2)o1. The van der Waals surface area contributed by atoms with Crippen LogP contribution in [-0.2, 0) is 16.0 Å². The van der Waals surface area contributed by atoms with Crippen molar-refractivity contribution >= 4 is 5.91 Å². The zero-order valence-corrected chi connectivity index (χ0v) is 15.0. The highest BCUT2D eigenvalue weighted by atomic mass is 16.5. The van der Waals surface area contributed by atoms with E-state index in [9.17, 15) is 4.79 Å². The molecule has 25 heavy (non-hydrogen) atoms. The van der Waals surface area contributed by atoms with Crippen LogP contribution in [0.4, 0.5) is 0 Å². The van der Waals surface area contributed by atoms with E-state index in [-0.39, 0.29) is 5.91 Å². The van der Waals surface area contributed by atoms with Crippen LogP contribution in [0, 0.1) is 12.8 Å². The number of benzene rings is 1. The van der Waals surface area contributed by atoms with E-state index in [1.54, 1.807) is 0 Å². The second-order valence-corrected chi connectivity index (χ2v) is 6.55. The summed E-state index contributed by atoms with van der Waals surface area (Å²) in [5.74, 6) is 2.05. The van der Waals surface area contributed by atoms with Crippen molar-refractivity contribution in [2.75, 3.05) is 26.3 Å². The number of aromatic nitrogens is 1. The number of carbonyl (C=O) groups excluding carboxylic acids is 1. The normalized spacial score (nSPS) is 17.0. The molecule has 1 aromatic carbocycles. The van der Waals surface area contributed by atoms with Crippen molar-refractivity contribution in [3.63, 3.8) is 0 Å². The number of aryl methyl sites for hydroxylation is 2. The topological polar surface area (TPSA) is 55.6 Å². The summed E-state index contributed by atoms with van der Waals surface area (Å²) in [6.07, 6.45) is 2.00. The third kappa shape index (κ3) is 4.48. The van der Waals surface area contributed by atoms with E-state index in [0.29, 0.717) is 24.7 Å². The fraction of sp³-hybridized carbons (Fsp3) is 0.500. The minimum absolute atomic E-state index is 0.159. The third-order valence-corrected chi connectivity index (χ3v) is 4.67. The van der Waals surface area contributed by atoms with Gasteiger partial charge in [-0.3, -0.25) is 4.79 Å². The van der Waals surface area contributed by atoms with Crippen LogP contribution in [0.25, 0.3) is 11.3 Å². The molecule has 0 spiro atoms. The lowest BCUT2D eigenvalue weighted by atomic mass is 10.1. The highest BCUT2D eigenvalue weighted by Crippen LogP contribution is 2.24. The van der Waals surface area contributed by atoms with Crippen LogP contribution >= 0.6 is 0 Å². The van der Waals surface area contributed by atoms with Gasteiger partial charge in [0.1, 0.15) is 0 Å². The molecule has 134 valence electrons. The minimum Gasteiger partial charge on any atom is -0.440 e. The van der Waals surface area contributed by atoms with Crippen molar-refractivity contribution < 1.29 is 13.9 Å². The molecule has 2 heterocycles. The molecule has 0 radical (unpaired) electrons. The first kappa shape index (κ1) is 17.7. The molecular formula is C20H26N2O3. The van der Waals surface area contributed by atoms with Gasteiger partial charge >= 0.3 is 0 Å². The van der Waals surface area contributed by atoms with Crippen LogP contribution in [-0.4, -0.2) is 42.1 Å². The quantitative estimate of drug-likeness (QED) is 0.773. The molecule has 0 bridgehead atoms. The molecule has 1 aromatic heterocycles. The smallest absolute Gasteiger partial charge is 0.223 e. The summed E-state index contributed by atoms with van der Waals surface area (Å²) in [6, 6.07) is 9.94. The Morgan fingerprint density at radius 3 is 2.80 bits per heavy atom. The summed E-state index contributed by atoms with van der Waals surface area (Å²) in [5.41, 5.74) is 1.88. The number of nitrogens with zero attached hydrogens (tertiary/aromatic N) is 2. The Labute approximate surface area is 149 Å². The van der Waals surface area contributed by atoms with Crippen molar-refractivity contribution in [1.82, 2.24) is 9.88 Å². The van der Waals surface area contributed by atoms with Gasteiger partial charge in [0.25, 0.3) is 0 Å². The molecular weight excluding hydrogens is 316 g/mol. The van der Waals surface area contributed by atoms with Crippen molar-refractivity contribution in [2.45, 2.75) is 33.1 Å². The van der Waals surface area contributed by atoms with Gasteiger partial charge in [0.15, 0.2) is 11.7 Å². The molecule has 1 saturated heterocycles. The molecule has 0 aliphatic carbocycles. The minimum atomic E-state index is 0.159. The number of rotatable bonds is 7. The average Bonchev–Trinajstić information content (AvgIpc) is 3.27. The van der Waals surface area contributed by atoms with E-state index in [1.807, 2.05) is 49.1 Å². The Balaban J connectivity index is 1.58. The van der Waals surface area contributed by atoms with Gasteiger partial charge in [-0.15, -0.1) is 0 Å². The van der Waals surface area contributed by atoms with Gasteiger partial charge in [-0.1, -0.05) is 30.3 Å². The molecule has 2 aromatic rings. The van der Waals surface area contributed by atoms with Crippen LogP contribution in [0.1, 0.15) is 31.4 Å². The Kier molecular flexibility index (Phi) is 5.87. The van der Waals surface area contributed by atoms with Crippen LogP contribution in [0.3, 0.4) is 0 Å². The summed E-state index contributed by atoms with van der Waals surface area (Å²) in [6.45, 7) is 7.06. The van der Waals surface area contributed by atoms with Crippen molar-refractivity contribution in [3.8, 4) is 11.3 Å². The third-order valence-electron chi connectivity index (χ3n) is 4.67. The van der Waals surface area contributed by atoms with Gasteiger partial charge in [-0.2, -0.15) is 0 Å². The number of hydrogen-bond donors (Lipinski definition) is 0. The molecule has 1 unspecified atom stereocenters. The lowest BCUT2D eigenvalue weighted by molar-refractivity contribution is -0.131. The first-order chi connectivity index (χ1) is 12.2. The highest BCUT2D eigenvalue weighted by Gasteiger charge is 2.22. The number of oxazole rings is 1. The number of carbonyl (C=O) groups is 1. The predicted octanol–water partition coefficient (Wildman–Crippen LogP) is 3.47. The highest BCUT2D eigenvalue weighted by molar-refractivity contribution is 5.76. The summed E-state index contributed by atoms with van der Waals surface area (Å²) in [5, 5.41) is 0. The zero-order valence-electron chi connectivity index (χ0n) is 15.0. The first-order valence-corrected chi connectivity index (χ1v) is 9.04. The van der Waals surface area contributed by atoms with Gasteiger partial charge in [0, 0.05) is 44.0 Å². The molecule has 0 N–H and O–H groups in total. The van der Waals surface area contributed by atoms with E-state index < -0.39 is 0 Å². The molecule has 1 amide bonds. The maximum absolute atomic E-state index is 12.5.